The molecule has 0 atom stereocenters. The SMILES string of the molecule is COc1cc(CC(=O)N[C@H]2CC[C@H](C)CC2)ccc1OCCN(C)C.Cl. The summed E-state index contributed by atoms with van der Waals surface area (Å²) in [6.07, 6.45) is 4.97. The molecule has 0 unspecified atom stereocenters. The van der Waals surface area contributed by atoms with E-state index in [-0.39, 0.29) is 18.3 Å². The van der Waals surface area contributed by atoms with Crippen LogP contribution in [0.1, 0.15) is 38.2 Å². The van der Waals surface area contributed by atoms with Gasteiger partial charge < -0.3 is 19.7 Å². The van der Waals surface area contributed by atoms with E-state index in [2.05, 4.69) is 17.1 Å². The normalized spacial score (nSPS) is 19.6. The average Bonchev–Trinajstić information content (AvgIpc) is 2.57. The van der Waals surface area contributed by atoms with Gasteiger partial charge in [0.05, 0.1) is 13.5 Å². The number of amides is 1. The minimum absolute atomic E-state index is 0. The van der Waals surface area contributed by atoms with Crippen molar-refractivity contribution >= 4 is 18.3 Å². The molecule has 5 nitrogen and oxygen atoms in total. The molecule has 2 rings (SSSR count). The van der Waals surface area contributed by atoms with E-state index in [1.54, 1.807) is 7.11 Å². The van der Waals surface area contributed by atoms with Gasteiger partial charge in [-0.1, -0.05) is 13.0 Å². The third-order valence-corrected chi connectivity index (χ3v) is 4.77. The molecule has 0 heterocycles. The molecule has 1 fully saturated rings. The van der Waals surface area contributed by atoms with E-state index in [4.69, 9.17) is 9.47 Å². The summed E-state index contributed by atoms with van der Waals surface area (Å²) in [5, 5.41) is 3.17. The van der Waals surface area contributed by atoms with Crippen LogP contribution >= 0.6 is 12.4 Å². The quantitative estimate of drug-likeness (QED) is 0.747. The number of rotatable bonds is 8. The van der Waals surface area contributed by atoms with Crippen molar-refractivity contribution in [3.63, 3.8) is 0 Å². The Morgan fingerprint density at radius 1 is 1.19 bits per heavy atom. The third-order valence-electron chi connectivity index (χ3n) is 4.77. The van der Waals surface area contributed by atoms with Crippen molar-refractivity contribution in [1.82, 2.24) is 10.2 Å². The molecule has 0 saturated heterocycles. The molecule has 26 heavy (non-hydrogen) atoms. The number of benzene rings is 1. The van der Waals surface area contributed by atoms with Crippen LogP contribution in [0.25, 0.3) is 0 Å². The largest absolute Gasteiger partial charge is 0.493 e. The van der Waals surface area contributed by atoms with Crippen molar-refractivity contribution in [3.05, 3.63) is 23.8 Å². The lowest BCUT2D eigenvalue weighted by atomic mass is 9.87. The predicted molar refractivity (Wildman–Crippen MR) is 108 cm³/mol. The van der Waals surface area contributed by atoms with Gasteiger partial charge >= 0.3 is 0 Å². The molecule has 6 heteroatoms. The van der Waals surface area contributed by atoms with Crippen LogP contribution in [0.5, 0.6) is 11.5 Å². The maximum absolute atomic E-state index is 12.3. The highest BCUT2D eigenvalue weighted by molar-refractivity contribution is 5.85. The van der Waals surface area contributed by atoms with Crippen LogP contribution in [0.3, 0.4) is 0 Å². The van der Waals surface area contributed by atoms with Gasteiger partial charge in [0.25, 0.3) is 0 Å². The van der Waals surface area contributed by atoms with Gasteiger partial charge in [-0.3, -0.25) is 4.79 Å². The fourth-order valence-corrected chi connectivity index (χ4v) is 3.15. The number of likely N-dealkylation sites (N-methyl/N-ethyl adjacent to an activating group) is 1. The van der Waals surface area contributed by atoms with Crippen LogP contribution in [-0.2, 0) is 11.2 Å². The molecular weight excluding hydrogens is 352 g/mol. The van der Waals surface area contributed by atoms with Gasteiger partial charge in [-0.15, -0.1) is 12.4 Å². The zero-order valence-corrected chi connectivity index (χ0v) is 17.2. The van der Waals surface area contributed by atoms with E-state index in [1.807, 2.05) is 32.3 Å². The number of hydrogen-bond donors (Lipinski definition) is 1. The summed E-state index contributed by atoms with van der Waals surface area (Å²) in [5.74, 6) is 2.27. The molecule has 1 aromatic carbocycles. The van der Waals surface area contributed by atoms with Crippen molar-refractivity contribution in [2.24, 2.45) is 5.92 Å². The Morgan fingerprint density at radius 3 is 2.50 bits per heavy atom. The lowest BCUT2D eigenvalue weighted by molar-refractivity contribution is -0.121. The summed E-state index contributed by atoms with van der Waals surface area (Å²) in [7, 11) is 5.64. The van der Waals surface area contributed by atoms with Gasteiger partial charge in [-0.05, 0) is 63.4 Å². The first-order chi connectivity index (χ1) is 12.0. The lowest BCUT2D eigenvalue weighted by Crippen LogP contribution is -2.38. The fraction of sp³-hybridized carbons (Fsp3) is 0.650. The molecule has 1 N–H and O–H groups in total. The highest BCUT2D eigenvalue weighted by atomic mass is 35.5. The summed E-state index contributed by atoms with van der Waals surface area (Å²) < 4.78 is 11.2. The highest BCUT2D eigenvalue weighted by Gasteiger charge is 2.20. The van der Waals surface area contributed by atoms with Gasteiger partial charge in [-0.25, -0.2) is 0 Å². The molecular formula is C20H33ClN2O3. The molecule has 1 aliphatic rings. The number of carbonyl (C=O) groups is 1. The van der Waals surface area contributed by atoms with E-state index in [9.17, 15) is 4.79 Å². The van der Waals surface area contributed by atoms with Gasteiger partial charge in [0.2, 0.25) is 5.91 Å². The first kappa shape index (κ1) is 22.6. The number of carbonyl (C=O) groups excluding carboxylic acids is 1. The maximum atomic E-state index is 12.3. The zero-order valence-electron chi connectivity index (χ0n) is 16.4. The maximum Gasteiger partial charge on any atom is 0.224 e. The summed E-state index contributed by atoms with van der Waals surface area (Å²) in [4.78, 5) is 14.4. The molecule has 1 aromatic rings. The molecule has 1 amide bonds. The smallest absolute Gasteiger partial charge is 0.224 e. The Labute approximate surface area is 163 Å². The summed E-state index contributed by atoms with van der Waals surface area (Å²) >= 11 is 0. The lowest BCUT2D eigenvalue weighted by Gasteiger charge is -2.27. The molecule has 148 valence electrons. The van der Waals surface area contributed by atoms with Gasteiger partial charge in [0.15, 0.2) is 11.5 Å². The summed E-state index contributed by atoms with van der Waals surface area (Å²) in [6, 6.07) is 6.06. The molecule has 0 bridgehead atoms. The zero-order chi connectivity index (χ0) is 18.2. The van der Waals surface area contributed by atoms with E-state index in [1.165, 1.54) is 12.8 Å². The number of hydrogen-bond acceptors (Lipinski definition) is 4. The van der Waals surface area contributed by atoms with Crippen LogP contribution in [0.15, 0.2) is 18.2 Å². The topological polar surface area (TPSA) is 50.8 Å². The van der Waals surface area contributed by atoms with Gasteiger partial charge in [-0.2, -0.15) is 0 Å². The van der Waals surface area contributed by atoms with Crippen LogP contribution in [0, 0.1) is 5.92 Å². The number of halogens is 1. The standard InChI is InChI=1S/C20H32N2O3.ClH/c1-15-5-8-17(9-6-15)21-20(23)14-16-7-10-18(19(13-16)24-4)25-12-11-22(2)3;/h7,10,13,15,17H,5-6,8-9,11-12,14H2,1-4H3,(H,21,23);1H/t15-,17-;. The number of nitrogens with one attached hydrogen (secondary N) is 1. The van der Waals surface area contributed by atoms with Crippen molar-refractivity contribution < 1.29 is 14.3 Å². The van der Waals surface area contributed by atoms with E-state index in [0.717, 1.165) is 36.6 Å². The Morgan fingerprint density at radius 2 is 1.88 bits per heavy atom. The van der Waals surface area contributed by atoms with Gasteiger partial charge in [0, 0.05) is 12.6 Å². The highest BCUT2D eigenvalue weighted by Crippen LogP contribution is 2.28. The summed E-state index contributed by atoms with van der Waals surface area (Å²) in [6.45, 7) is 3.73. The van der Waals surface area contributed by atoms with Gasteiger partial charge in [0.1, 0.15) is 6.61 Å². The van der Waals surface area contributed by atoms with Crippen molar-refractivity contribution in [1.29, 1.82) is 0 Å². The predicted octanol–water partition coefficient (Wildman–Crippen LogP) is 3.29. The fourth-order valence-electron chi connectivity index (χ4n) is 3.15. The van der Waals surface area contributed by atoms with E-state index in [0.29, 0.717) is 24.8 Å². The first-order valence-electron chi connectivity index (χ1n) is 9.21. The van der Waals surface area contributed by atoms with Crippen molar-refractivity contribution in [2.45, 2.75) is 45.1 Å². The molecule has 0 spiro atoms. The third kappa shape index (κ3) is 7.42. The van der Waals surface area contributed by atoms with E-state index < -0.39 is 0 Å². The van der Waals surface area contributed by atoms with Crippen molar-refractivity contribution in [3.8, 4) is 11.5 Å². The van der Waals surface area contributed by atoms with E-state index >= 15 is 0 Å². The first-order valence-corrected chi connectivity index (χ1v) is 9.21. The monoisotopic (exact) mass is 384 g/mol. The minimum Gasteiger partial charge on any atom is -0.493 e. The molecule has 1 aliphatic carbocycles. The number of ether oxygens (including phenoxy) is 2. The van der Waals surface area contributed by atoms with Crippen LogP contribution in [0.2, 0.25) is 0 Å². The molecule has 0 radical (unpaired) electrons. The Balaban J connectivity index is 0.00000338. The second-order valence-corrected chi connectivity index (χ2v) is 7.34. The average molecular weight is 385 g/mol. The van der Waals surface area contributed by atoms with Crippen LogP contribution in [0.4, 0.5) is 0 Å². The Kier molecular flexibility index (Phi) is 9.81. The number of nitrogens with zero attached hydrogens (tertiary/aromatic N) is 1. The molecule has 0 aromatic heterocycles. The summed E-state index contributed by atoms with van der Waals surface area (Å²) in [5.41, 5.74) is 0.943. The minimum atomic E-state index is 0. The van der Waals surface area contributed by atoms with Crippen LogP contribution in [-0.4, -0.2) is 51.2 Å². The molecule has 0 aliphatic heterocycles. The van der Waals surface area contributed by atoms with Crippen molar-refractivity contribution in [2.75, 3.05) is 34.4 Å². The second kappa shape index (κ2) is 11.3. The Hall–Kier alpha value is -1.46. The Bertz CT molecular complexity index is 558. The number of methoxy groups -OCH3 is 1. The molecule has 1 saturated carbocycles. The van der Waals surface area contributed by atoms with Crippen LogP contribution < -0.4 is 14.8 Å². The second-order valence-electron chi connectivity index (χ2n) is 7.34.